The number of aryl methyl sites for hydroxylation is 1. The molecule has 4 aliphatic carbocycles. The minimum absolute atomic E-state index is 0.0420. The van der Waals surface area contributed by atoms with E-state index in [1.807, 2.05) is 0 Å². The van der Waals surface area contributed by atoms with Gasteiger partial charge in [0.25, 0.3) is 0 Å². The summed E-state index contributed by atoms with van der Waals surface area (Å²) in [6, 6.07) is 9.19. The van der Waals surface area contributed by atoms with E-state index < -0.39 is 0 Å². The number of aliphatic hydroxyl groups excluding tert-OH is 1. The quantitative estimate of drug-likeness (QED) is 0.572. The van der Waals surface area contributed by atoms with Gasteiger partial charge in [0.2, 0.25) is 0 Å². The fraction of sp³-hybridized carbons (Fsp3) is 0.643. The van der Waals surface area contributed by atoms with Crippen LogP contribution >= 0.6 is 0 Å². The summed E-state index contributed by atoms with van der Waals surface area (Å²) >= 11 is 0. The van der Waals surface area contributed by atoms with Crippen LogP contribution in [0.15, 0.2) is 36.5 Å². The normalized spacial score (nSPS) is 43.1. The highest BCUT2D eigenvalue weighted by Gasteiger charge is 2.58. The lowest BCUT2D eigenvalue weighted by molar-refractivity contribution is -0.115. The molecule has 2 aromatic rings. The van der Waals surface area contributed by atoms with Crippen LogP contribution in [0.25, 0.3) is 16.5 Å². The Morgan fingerprint density at radius 2 is 1.87 bits per heavy atom. The van der Waals surface area contributed by atoms with Gasteiger partial charge in [-0.25, -0.2) is 0 Å². The van der Waals surface area contributed by atoms with Crippen molar-refractivity contribution in [2.24, 2.45) is 41.5 Å². The second-order valence-corrected chi connectivity index (χ2v) is 11.6. The molecule has 0 saturated heterocycles. The summed E-state index contributed by atoms with van der Waals surface area (Å²) in [4.78, 5) is 0. The van der Waals surface area contributed by atoms with Crippen molar-refractivity contribution in [1.29, 1.82) is 0 Å². The molecule has 160 valence electrons. The van der Waals surface area contributed by atoms with Crippen LogP contribution < -0.4 is 0 Å². The van der Waals surface area contributed by atoms with E-state index in [1.54, 1.807) is 5.57 Å². The van der Waals surface area contributed by atoms with Crippen molar-refractivity contribution in [3.05, 3.63) is 42.1 Å². The predicted octanol–water partition coefficient (Wildman–Crippen LogP) is 6.58. The monoisotopic (exact) mass is 403 g/mol. The zero-order valence-corrected chi connectivity index (χ0v) is 18.9. The zero-order chi connectivity index (χ0) is 20.7. The standard InChI is InChI=1S/C28H37NO/c1-27-14-11-19(30)17-18(27)7-8-22-24-10-9-23(28(24,2)15-12-25(22)27)20-5-4-6-26-21(20)13-16-29(26)3/h4-6,9,13,16,18-19,22,24-25,30H,7-8,10-12,14-15,17H2,1-3H3/t18-,19-,22-,24-,25-,27-,28+/m0/s1. The van der Waals surface area contributed by atoms with E-state index in [4.69, 9.17) is 0 Å². The fourth-order valence-electron chi connectivity index (χ4n) is 8.76. The van der Waals surface area contributed by atoms with Crippen molar-refractivity contribution in [1.82, 2.24) is 4.57 Å². The number of nitrogens with zero attached hydrogens (tertiary/aromatic N) is 1. The highest BCUT2D eigenvalue weighted by Crippen LogP contribution is 2.67. The van der Waals surface area contributed by atoms with Crippen LogP contribution in [0.3, 0.4) is 0 Å². The van der Waals surface area contributed by atoms with Gasteiger partial charge in [0.05, 0.1) is 6.10 Å². The maximum absolute atomic E-state index is 10.3. The topological polar surface area (TPSA) is 25.2 Å². The van der Waals surface area contributed by atoms with E-state index in [-0.39, 0.29) is 6.10 Å². The third kappa shape index (κ3) is 2.46. The Bertz CT molecular complexity index is 1020. The van der Waals surface area contributed by atoms with Crippen LogP contribution in [0.2, 0.25) is 0 Å². The van der Waals surface area contributed by atoms with Gasteiger partial charge in [-0.15, -0.1) is 0 Å². The summed E-state index contributed by atoms with van der Waals surface area (Å²) in [5.74, 6) is 3.28. The number of benzene rings is 1. The molecule has 30 heavy (non-hydrogen) atoms. The van der Waals surface area contributed by atoms with Crippen LogP contribution in [-0.4, -0.2) is 15.8 Å². The van der Waals surface area contributed by atoms with Crippen molar-refractivity contribution in [3.63, 3.8) is 0 Å². The molecule has 1 aromatic carbocycles. The molecule has 0 aliphatic heterocycles. The molecule has 1 heterocycles. The predicted molar refractivity (Wildman–Crippen MR) is 124 cm³/mol. The maximum atomic E-state index is 10.3. The average Bonchev–Trinajstić information content (AvgIpc) is 3.28. The van der Waals surface area contributed by atoms with Crippen LogP contribution in [0.1, 0.15) is 70.8 Å². The van der Waals surface area contributed by atoms with Crippen LogP contribution in [-0.2, 0) is 7.05 Å². The van der Waals surface area contributed by atoms with Crippen LogP contribution in [0, 0.1) is 34.5 Å². The summed E-state index contributed by atoms with van der Waals surface area (Å²) < 4.78 is 2.25. The van der Waals surface area contributed by atoms with Gasteiger partial charge in [-0.2, -0.15) is 0 Å². The Kier molecular flexibility index (Phi) is 4.14. The summed E-state index contributed by atoms with van der Waals surface area (Å²) in [6.45, 7) is 5.19. The Morgan fingerprint density at radius 3 is 2.73 bits per heavy atom. The lowest BCUT2D eigenvalue weighted by Crippen LogP contribution is -2.53. The first-order chi connectivity index (χ1) is 14.4. The third-order valence-electron chi connectivity index (χ3n) is 10.4. The van der Waals surface area contributed by atoms with Crippen molar-refractivity contribution in [2.45, 2.75) is 71.3 Å². The molecule has 2 heteroatoms. The summed E-state index contributed by atoms with van der Waals surface area (Å²) in [5.41, 5.74) is 5.25. The van der Waals surface area contributed by atoms with Crippen molar-refractivity contribution >= 4 is 16.5 Å². The number of allylic oxidation sites excluding steroid dienone is 2. The third-order valence-corrected chi connectivity index (χ3v) is 10.4. The molecule has 0 spiro atoms. The molecule has 0 bridgehead atoms. The molecule has 1 N–H and O–H groups in total. The summed E-state index contributed by atoms with van der Waals surface area (Å²) in [6.07, 6.45) is 14.8. The first kappa shape index (κ1) is 19.2. The molecule has 1 aromatic heterocycles. The number of rotatable bonds is 1. The molecule has 4 aliphatic rings. The molecule has 7 atom stereocenters. The second kappa shape index (κ2) is 6.48. The van der Waals surface area contributed by atoms with Crippen molar-refractivity contribution in [2.75, 3.05) is 0 Å². The Labute approximate surface area is 181 Å². The molecule has 2 nitrogen and oxygen atoms in total. The van der Waals surface area contributed by atoms with E-state index in [2.05, 4.69) is 62.0 Å². The van der Waals surface area contributed by atoms with Gasteiger partial charge in [0.15, 0.2) is 0 Å². The molecule has 0 radical (unpaired) electrons. The number of fused-ring (bicyclic) bond motifs is 6. The van der Waals surface area contributed by atoms with Gasteiger partial charge in [0.1, 0.15) is 0 Å². The van der Waals surface area contributed by atoms with E-state index in [0.29, 0.717) is 10.8 Å². The van der Waals surface area contributed by atoms with Gasteiger partial charge in [-0.3, -0.25) is 0 Å². The van der Waals surface area contributed by atoms with E-state index in [1.165, 1.54) is 55.0 Å². The molecular formula is C28H37NO. The average molecular weight is 404 g/mol. The zero-order valence-electron chi connectivity index (χ0n) is 18.9. The minimum atomic E-state index is -0.0420. The highest BCUT2D eigenvalue weighted by atomic mass is 16.3. The van der Waals surface area contributed by atoms with E-state index in [0.717, 1.165) is 36.5 Å². The first-order valence-corrected chi connectivity index (χ1v) is 12.3. The van der Waals surface area contributed by atoms with Crippen molar-refractivity contribution < 1.29 is 5.11 Å². The lowest BCUT2D eigenvalue weighted by atomic mass is 9.44. The molecule has 3 saturated carbocycles. The number of hydrogen-bond acceptors (Lipinski definition) is 1. The fourth-order valence-corrected chi connectivity index (χ4v) is 8.76. The van der Waals surface area contributed by atoms with Gasteiger partial charge in [-0.05, 0) is 109 Å². The van der Waals surface area contributed by atoms with E-state index in [9.17, 15) is 5.11 Å². The van der Waals surface area contributed by atoms with Crippen LogP contribution in [0.4, 0.5) is 0 Å². The van der Waals surface area contributed by atoms with Gasteiger partial charge in [-0.1, -0.05) is 32.1 Å². The van der Waals surface area contributed by atoms with Gasteiger partial charge in [0, 0.05) is 24.1 Å². The molecule has 6 rings (SSSR count). The molecule has 0 amide bonds. The number of aromatic nitrogens is 1. The van der Waals surface area contributed by atoms with Crippen molar-refractivity contribution in [3.8, 4) is 0 Å². The molecule has 3 fully saturated rings. The smallest absolute Gasteiger partial charge is 0.0543 e. The highest BCUT2D eigenvalue weighted by molar-refractivity contribution is 5.94. The van der Waals surface area contributed by atoms with E-state index >= 15 is 0 Å². The maximum Gasteiger partial charge on any atom is 0.0543 e. The van der Waals surface area contributed by atoms with Gasteiger partial charge >= 0.3 is 0 Å². The minimum Gasteiger partial charge on any atom is -0.393 e. The largest absolute Gasteiger partial charge is 0.393 e. The Morgan fingerprint density at radius 1 is 1.00 bits per heavy atom. The summed E-state index contributed by atoms with van der Waals surface area (Å²) in [5, 5.41) is 11.7. The molecular weight excluding hydrogens is 366 g/mol. The summed E-state index contributed by atoms with van der Waals surface area (Å²) in [7, 11) is 2.16. The number of aliphatic hydroxyl groups is 1. The van der Waals surface area contributed by atoms with Crippen LogP contribution in [0.5, 0.6) is 0 Å². The Balaban J connectivity index is 1.35. The SMILES string of the molecule is Cn1ccc2c(C3=CC[C@H]4[C@@H]5CC[C@H]6C[C@@H](O)CC[C@]6(C)[C@H]5CC[C@]34C)cccc21. The Hall–Kier alpha value is -1.54. The lowest BCUT2D eigenvalue weighted by Gasteiger charge is -2.60. The first-order valence-electron chi connectivity index (χ1n) is 12.3. The van der Waals surface area contributed by atoms with Gasteiger partial charge < -0.3 is 9.67 Å². The molecule has 0 unspecified atom stereocenters. The second-order valence-electron chi connectivity index (χ2n) is 11.6. The number of hydrogen-bond donors (Lipinski definition) is 1.